The third kappa shape index (κ3) is 4.52. The van der Waals surface area contributed by atoms with Gasteiger partial charge in [-0.05, 0) is 25.5 Å². The minimum atomic E-state index is -0.154. The molecule has 0 spiro atoms. The molecule has 2 N–H and O–H groups in total. The highest BCUT2D eigenvalue weighted by Gasteiger charge is 2.20. The molecule has 0 fully saturated rings. The number of unbranched alkanes of at least 4 members (excludes halogenated alkanes) is 1. The first kappa shape index (κ1) is 18.6. The predicted octanol–water partition coefficient (Wildman–Crippen LogP) is 2.95. The first-order chi connectivity index (χ1) is 10.5. The van der Waals surface area contributed by atoms with Crippen LogP contribution in [0, 0.1) is 0 Å². The van der Waals surface area contributed by atoms with Gasteiger partial charge in [-0.25, -0.2) is 0 Å². The largest absolute Gasteiger partial charge is 0.493 e. The van der Waals surface area contributed by atoms with Crippen LogP contribution in [-0.2, 0) is 0 Å². The standard InChI is InChI=1S/C16H25ClN2O3/c1-5-6-7-22-15-13(17)8-12(9-14(15)21-4)16(20)19(3)11(2)10-18/h8-9,11H,5-7,10,18H2,1-4H3. The smallest absolute Gasteiger partial charge is 0.254 e. The normalized spacial score (nSPS) is 11.9. The highest BCUT2D eigenvalue weighted by Crippen LogP contribution is 2.36. The predicted molar refractivity (Wildman–Crippen MR) is 89.0 cm³/mol. The summed E-state index contributed by atoms with van der Waals surface area (Å²) in [6.45, 7) is 4.92. The van der Waals surface area contributed by atoms with E-state index >= 15 is 0 Å². The second-order valence-electron chi connectivity index (χ2n) is 5.19. The third-order valence-electron chi connectivity index (χ3n) is 3.54. The Balaban J connectivity index is 3.04. The molecular weight excluding hydrogens is 304 g/mol. The molecular formula is C16H25ClN2O3. The monoisotopic (exact) mass is 328 g/mol. The van der Waals surface area contributed by atoms with Crippen LogP contribution >= 0.6 is 11.6 Å². The summed E-state index contributed by atoms with van der Waals surface area (Å²) >= 11 is 6.25. The van der Waals surface area contributed by atoms with Crippen LogP contribution in [0.25, 0.3) is 0 Å². The van der Waals surface area contributed by atoms with Crippen LogP contribution in [0.5, 0.6) is 11.5 Å². The number of nitrogens with zero attached hydrogens (tertiary/aromatic N) is 1. The minimum absolute atomic E-state index is 0.0576. The Morgan fingerprint density at radius 1 is 1.45 bits per heavy atom. The molecule has 0 radical (unpaired) electrons. The number of amides is 1. The van der Waals surface area contributed by atoms with E-state index in [4.69, 9.17) is 26.8 Å². The molecule has 0 bridgehead atoms. The molecule has 0 aliphatic carbocycles. The number of rotatable bonds is 8. The van der Waals surface area contributed by atoms with E-state index in [0.29, 0.717) is 35.2 Å². The van der Waals surface area contributed by atoms with Crippen molar-refractivity contribution in [3.05, 3.63) is 22.7 Å². The van der Waals surface area contributed by atoms with Crippen LogP contribution in [0.15, 0.2) is 12.1 Å². The van der Waals surface area contributed by atoms with E-state index in [-0.39, 0.29) is 11.9 Å². The number of nitrogens with two attached hydrogens (primary N) is 1. The molecule has 1 amide bonds. The second kappa shape index (κ2) is 8.86. The summed E-state index contributed by atoms with van der Waals surface area (Å²) in [5.74, 6) is 0.780. The van der Waals surface area contributed by atoms with Crippen molar-refractivity contribution in [3.8, 4) is 11.5 Å². The number of carbonyl (C=O) groups is 1. The molecule has 0 heterocycles. The summed E-state index contributed by atoms with van der Waals surface area (Å²) in [4.78, 5) is 14.0. The van der Waals surface area contributed by atoms with Crippen LogP contribution in [0.3, 0.4) is 0 Å². The fourth-order valence-corrected chi connectivity index (χ4v) is 2.13. The molecule has 1 rings (SSSR count). The van der Waals surface area contributed by atoms with Crippen LogP contribution in [-0.4, -0.2) is 44.2 Å². The van der Waals surface area contributed by atoms with Gasteiger partial charge >= 0.3 is 0 Å². The molecule has 22 heavy (non-hydrogen) atoms. The maximum absolute atomic E-state index is 12.5. The first-order valence-electron chi connectivity index (χ1n) is 7.43. The van der Waals surface area contributed by atoms with Crippen LogP contribution < -0.4 is 15.2 Å². The number of ether oxygens (including phenoxy) is 2. The fraction of sp³-hybridized carbons (Fsp3) is 0.562. The summed E-state index contributed by atoms with van der Waals surface area (Å²) in [6, 6.07) is 3.19. The van der Waals surface area contributed by atoms with Crippen molar-refractivity contribution in [3.63, 3.8) is 0 Å². The van der Waals surface area contributed by atoms with Gasteiger partial charge in [-0.3, -0.25) is 4.79 Å². The van der Waals surface area contributed by atoms with Gasteiger partial charge in [-0.1, -0.05) is 24.9 Å². The number of carbonyl (C=O) groups excluding carboxylic acids is 1. The molecule has 0 aliphatic heterocycles. The molecule has 0 saturated carbocycles. The Hall–Kier alpha value is -1.46. The minimum Gasteiger partial charge on any atom is -0.493 e. The van der Waals surface area contributed by atoms with Crippen LogP contribution in [0.4, 0.5) is 0 Å². The van der Waals surface area contributed by atoms with E-state index in [0.717, 1.165) is 12.8 Å². The number of hydrogen-bond donors (Lipinski definition) is 1. The van der Waals surface area contributed by atoms with E-state index < -0.39 is 0 Å². The van der Waals surface area contributed by atoms with Crippen LogP contribution in [0.1, 0.15) is 37.0 Å². The molecule has 124 valence electrons. The van der Waals surface area contributed by atoms with Crippen molar-refractivity contribution in [2.24, 2.45) is 5.73 Å². The number of methoxy groups -OCH3 is 1. The zero-order chi connectivity index (χ0) is 16.7. The zero-order valence-corrected chi connectivity index (χ0v) is 14.4. The van der Waals surface area contributed by atoms with E-state index in [1.807, 2.05) is 6.92 Å². The molecule has 1 aromatic carbocycles. The Morgan fingerprint density at radius 2 is 2.14 bits per heavy atom. The summed E-state index contributed by atoms with van der Waals surface area (Å²) < 4.78 is 11.0. The van der Waals surface area contributed by atoms with E-state index in [1.165, 1.54) is 7.11 Å². The molecule has 1 unspecified atom stereocenters. The summed E-state index contributed by atoms with van der Waals surface area (Å²) in [7, 11) is 3.24. The Labute approximate surface area is 137 Å². The van der Waals surface area contributed by atoms with Gasteiger partial charge in [0, 0.05) is 25.2 Å². The number of benzene rings is 1. The highest BCUT2D eigenvalue weighted by molar-refractivity contribution is 6.32. The zero-order valence-electron chi connectivity index (χ0n) is 13.7. The maximum Gasteiger partial charge on any atom is 0.254 e. The topological polar surface area (TPSA) is 64.8 Å². The van der Waals surface area contributed by atoms with Gasteiger partial charge in [0.1, 0.15) is 0 Å². The van der Waals surface area contributed by atoms with Crippen molar-refractivity contribution in [2.75, 3.05) is 27.3 Å². The van der Waals surface area contributed by atoms with Crippen LogP contribution in [0.2, 0.25) is 5.02 Å². The highest BCUT2D eigenvalue weighted by atomic mass is 35.5. The SMILES string of the molecule is CCCCOc1c(Cl)cc(C(=O)N(C)C(C)CN)cc1OC. The van der Waals surface area contributed by atoms with Crippen molar-refractivity contribution in [1.29, 1.82) is 0 Å². The maximum atomic E-state index is 12.5. The van der Waals surface area contributed by atoms with Gasteiger partial charge in [0.2, 0.25) is 0 Å². The summed E-state index contributed by atoms with van der Waals surface area (Å²) in [5.41, 5.74) is 6.05. The lowest BCUT2D eigenvalue weighted by molar-refractivity contribution is 0.0748. The van der Waals surface area contributed by atoms with Crippen molar-refractivity contribution >= 4 is 17.5 Å². The van der Waals surface area contributed by atoms with Gasteiger partial charge in [0.25, 0.3) is 5.91 Å². The molecule has 6 heteroatoms. The van der Waals surface area contributed by atoms with Gasteiger partial charge in [-0.15, -0.1) is 0 Å². The molecule has 0 aliphatic rings. The number of halogens is 1. The summed E-state index contributed by atoms with van der Waals surface area (Å²) in [6.07, 6.45) is 1.95. The van der Waals surface area contributed by atoms with Gasteiger partial charge in [0.15, 0.2) is 11.5 Å². The Morgan fingerprint density at radius 3 is 2.68 bits per heavy atom. The number of hydrogen-bond acceptors (Lipinski definition) is 4. The van der Waals surface area contributed by atoms with Crippen molar-refractivity contribution in [1.82, 2.24) is 4.90 Å². The lowest BCUT2D eigenvalue weighted by Crippen LogP contribution is -2.39. The summed E-state index contributed by atoms with van der Waals surface area (Å²) in [5, 5.41) is 0.368. The molecule has 1 aromatic rings. The molecule has 0 saturated heterocycles. The van der Waals surface area contributed by atoms with Gasteiger partial charge in [0.05, 0.1) is 18.7 Å². The lowest BCUT2D eigenvalue weighted by atomic mass is 10.1. The van der Waals surface area contributed by atoms with E-state index in [1.54, 1.807) is 24.1 Å². The Kier molecular flexibility index (Phi) is 7.48. The van der Waals surface area contributed by atoms with E-state index in [9.17, 15) is 4.79 Å². The average molecular weight is 329 g/mol. The van der Waals surface area contributed by atoms with Crippen molar-refractivity contribution < 1.29 is 14.3 Å². The average Bonchev–Trinajstić information content (AvgIpc) is 2.53. The van der Waals surface area contributed by atoms with Crippen molar-refractivity contribution in [2.45, 2.75) is 32.7 Å². The second-order valence-corrected chi connectivity index (χ2v) is 5.60. The molecule has 1 atom stereocenters. The van der Waals surface area contributed by atoms with Gasteiger partial charge in [-0.2, -0.15) is 0 Å². The number of likely N-dealkylation sites (N-methyl/N-ethyl adjacent to an activating group) is 1. The molecule has 0 aromatic heterocycles. The van der Waals surface area contributed by atoms with E-state index in [2.05, 4.69) is 6.92 Å². The lowest BCUT2D eigenvalue weighted by Gasteiger charge is -2.24. The fourth-order valence-electron chi connectivity index (χ4n) is 1.86. The van der Waals surface area contributed by atoms with Gasteiger partial charge < -0.3 is 20.1 Å². The third-order valence-corrected chi connectivity index (χ3v) is 3.82. The molecule has 5 nitrogen and oxygen atoms in total. The first-order valence-corrected chi connectivity index (χ1v) is 7.81. The quantitative estimate of drug-likeness (QED) is 0.745. The Bertz CT molecular complexity index is 508.